The summed E-state index contributed by atoms with van der Waals surface area (Å²) in [7, 11) is 0. The second-order valence-electron chi connectivity index (χ2n) is 7.26. The Bertz CT molecular complexity index is 1070. The number of thioether (sulfide) groups is 1. The Labute approximate surface area is 178 Å². The smallest absolute Gasteiger partial charge is 0.237 e. The molecule has 2 aromatic heterocycles. The predicted octanol–water partition coefficient (Wildman–Crippen LogP) is 3.57. The van der Waals surface area contributed by atoms with Gasteiger partial charge in [-0.2, -0.15) is 0 Å². The van der Waals surface area contributed by atoms with Crippen molar-refractivity contribution < 1.29 is 14.3 Å². The minimum atomic E-state index is -0.346. The van der Waals surface area contributed by atoms with Gasteiger partial charge in [0, 0.05) is 35.8 Å². The number of aromatic nitrogens is 4. The number of ether oxygens (including phenoxy) is 2. The summed E-state index contributed by atoms with van der Waals surface area (Å²) >= 11 is 1.41. The van der Waals surface area contributed by atoms with Crippen LogP contribution in [0, 0.1) is 0 Å². The third-order valence-corrected chi connectivity index (χ3v) is 6.01. The van der Waals surface area contributed by atoms with Crippen LogP contribution in [0.2, 0.25) is 0 Å². The molecule has 9 heteroatoms. The third kappa shape index (κ3) is 3.85. The normalized spacial score (nSPS) is 16.2. The van der Waals surface area contributed by atoms with E-state index in [2.05, 4.69) is 25.1 Å². The van der Waals surface area contributed by atoms with Crippen LogP contribution in [0.5, 0.6) is 11.5 Å². The predicted molar refractivity (Wildman–Crippen MR) is 113 cm³/mol. The molecule has 0 spiro atoms. The second-order valence-corrected chi connectivity index (χ2v) is 8.56. The molecule has 1 aliphatic heterocycles. The Morgan fingerprint density at radius 3 is 2.80 bits per heavy atom. The molecule has 0 radical (unpaired) electrons. The maximum Gasteiger partial charge on any atom is 0.237 e. The van der Waals surface area contributed by atoms with Gasteiger partial charge in [0.2, 0.25) is 5.91 Å². The van der Waals surface area contributed by atoms with Crippen LogP contribution in [-0.4, -0.2) is 44.1 Å². The van der Waals surface area contributed by atoms with Crippen molar-refractivity contribution in [3.8, 4) is 22.9 Å². The number of anilines is 1. The highest BCUT2D eigenvalue weighted by Gasteiger charge is 2.31. The Kier molecular flexibility index (Phi) is 5.04. The van der Waals surface area contributed by atoms with E-state index < -0.39 is 0 Å². The van der Waals surface area contributed by atoms with Gasteiger partial charge in [-0.1, -0.05) is 11.8 Å². The zero-order chi connectivity index (χ0) is 20.5. The van der Waals surface area contributed by atoms with Crippen LogP contribution in [0.3, 0.4) is 0 Å². The van der Waals surface area contributed by atoms with E-state index >= 15 is 0 Å². The highest BCUT2D eigenvalue weighted by molar-refractivity contribution is 8.00. The Hall–Kier alpha value is -3.07. The summed E-state index contributed by atoms with van der Waals surface area (Å²) in [5.74, 6) is 2.04. The molecule has 0 saturated heterocycles. The summed E-state index contributed by atoms with van der Waals surface area (Å²) in [6, 6.07) is 9.66. The lowest BCUT2D eigenvalue weighted by Crippen LogP contribution is -2.23. The Morgan fingerprint density at radius 2 is 2.03 bits per heavy atom. The molecule has 1 amide bonds. The average molecular weight is 423 g/mol. The van der Waals surface area contributed by atoms with Gasteiger partial charge < -0.3 is 14.8 Å². The zero-order valence-electron chi connectivity index (χ0n) is 16.4. The van der Waals surface area contributed by atoms with Crippen molar-refractivity contribution in [2.24, 2.45) is 0 Å². The number of nitrogens with zero attached hydrogens (tertiary/aromatic N) is 4. The number of carbonyl (C=O) groups excluding carboxylic acids is 1. The van der Waals surface area contributed by atoms with Gasteiger partial charge in [-0.3, -0.25) is 14.3 Å². The number of benzene rings is 1. The molecule has 5 rings (SSSR count). The van der Waals surface area contributed by atoms with Crippen LogP contribution in [0.25, 0.3) is 11.4 Å². The van der Waals surface area contributed by atoms with Crippen LogP contribution in [-0.2, 0) is 4.79 Å². The topological polar surface area (TPSA) is 91.2 Å². The van der Waals surface area contributed by atoms with E-state index in [0.29, 0.717) is 36.4 Å². The molecule has 8 nitrogen and oxygen atoms in total. The van der Waals surface area contributed by atoms with Gasteiger partial charge in [0.15, 0.2) is 22.5 Å². The maximum atomic E-state index is 12.8. The van der Waals surface area contributed by atoms with Crippen molar-refractivity contribution in [3.05, 3.63) is 42.7 Å². The molecule has 1 saturated carbocycles. The van der Waals surface area contributed by atoms with Crippen molar-refractivity contribution in [1.82, 2.24) is 19.7 Å². The SMILES string of the molecule is CC(Sc1nnc(-c2cccnc2)n1C1CC1)C(=O)Nc1ccc2c(c1)OCCO2. The van der Waals surface area contributed by atoms with E-state index in [9.17, 15) is 4.79 Å². The quantitative estimate of drug-likeness (QED) is 0.606. The molecule has 154 valence electrons. The van der Waals surface area contributed by atoms with Crippen LogP contribution in [0.15, 0.2) is 47.9 Å². The fraction of sp³-hybridized carbons (Fsp3) is 0.333. The van der Waals surface area contributed by atoms with Crippen molar-refractivity contribution in [3.63, 3.8) is 0 Å². The lowest BCUT2D eigenvalue weighted by Gasteiger charge is -2.19. The monoisotopic (exact) mass is 423 g/mol. The first-order chi connectivity index (χ1) is 14.7. The van der Waals surface area contributed by atoms with Crippen molar-refractivity contribution in [2.45, 2.75) is 36.2 Å². The zero-order valence-corrected chi connectivity index (χ0v) is 17.3. The molecular formula is C21H21N5O3S. The number of hydrogen-bond donors (Lipinski definition) is 1. The van der Waals surface area contributed by atoms with Crippen LogP contribution in [0.4, 0.5) is 5.69 Å². The molecule has 1 N–H and O–H groups in total. The molecule has 2 aliphatic rings. The number of fused-ring (bicyclic) bond motifs is 1. The number of pyridine rings is 1. The van der Waals surface area contributed by atoms with E-state index in [0.717, 1.165) is 29.4 Å². The van der Waals surface area contributed by atoms with Gasteiger partial charge in [0.25, 0.3) is 0 Å². The van der Waals surface area contributed by atoms with E-state index in [-0.39, 0.29) is 11.2 Å². The van der Waals surface area contributed by atoms with Gasteiger partial charge in [-0.05, 0) is 44.0 Å². The summed E-state index contributed by atoms with van der Waals surface area (Å²) in [5, 5.41) is 12.1. The third-order valence-electron chi connectivity index (χ3n) is 4.96. The Balaban J connectivity index is 1.31. The van der Waals surface area contributed by atoms with E-state index in [1.165, 1.54) is 11.8 Å². The molecular weight excluding hydrogens is 402 g/mol. The first-order valence-corrected chi connectivity index (χ1v) is 10.8. The molecule has 1 atom stereocenters. The molecule has 0 bridgehead atoms. The summed E-state index contributed by atoms with van der Waals surface area (Å²) in [6.45, 7) is 2.91. The highest BCUT2D eigenvalue weighted by Crippen LogP contribution is 2.41. The van der Waals surface area contributed by atoms with E-state index in [1.807, 2.05) is 31.2 Å². The van der Waals surface area contributed by atoms with Crippen LogP contribution in [0.1, 0.15) is 25.8 Å². The van der Waals surface area contributed by atoms with E-state index in [4.69, 9.17) is 9.47 Å². The fourth-order valence-corrected chi connectivity index (χ4v) is 4.21. The first-order valence-electron chi connectivity index (χ1n) is 9.91. The van der Waals surface area contributed by atoms with Crippen molar-refractivity contribution in [2.75, 3.05) is 18.5 Å². The van der Waals surface area contributed by atoms with Gasteiger partial charge >= 0.3 is 0 Å². The summed E-state index contributed by atoms with van der Waals surface area (Å²) < 4.78 is 13.2. The lowest BCUT2D eigenvalue weighted by molar-refractivity contribution is -0.115. The van der Waals surface area contributed by atoms with Crippen molar-refractivity contribution >= 4 is 23.4 Å². The van der Waals surface area contributed by atoms with Gasteiger partial charge in [-0.15, -0.1) is 10.2 Å². The number of rotatable bonds is 6. The molecule has 1 fully saturated rings. The molecule has 1 aliphatic carbocycles. The van der Waals surface area contributed by atoms with Gasteiger partial charge in [0.05, 0.1) is 5.25 Å². The number of hydrogen-bond acceptors (Lipinski definition) is 7. The van der Waals surface area contributed by atoms with E-state index in [1.54, 1.807) is 18.5 Å². The lowest BCUT2D eigenvalue weighted by atomic mass is 10.2. The fourth-order valence-electron chi connectivity index (χ4n) is 3.29. The largest absolute Gasteiger partial charge is 0.486 e. The van der Waals surface area contributed by atoms with Crippen molar-refractivity contribution in [1.29, 1.82) is 0 Å². The Morgan fingerprint density at radius 1 is 1.20 bits per heavy atom. The second kappa shape index (κ2) is 7.98. The number of amides is 1. The maximum absolute atomic E-state index is 12.8. The summed E-state index contributed by atoms with van der Waals surface area (Å²) in [4.78, 5) is 17.0. The first kappa shape index (κ1) is 18.9. The van der Waals surface area contributed by atoms with Crippen LogP contribution >= 0.6 is 11.8 Å². The minimum Gasteiger partial charge on any atom is -0.486 e. The molecule has 1 aromatic carbocycles. The average Bonchev–Trinajstić information content (AvgIpc) is 3.54. The standard InChI is InChI=1S/C21H21N5O3S/c1-13(20(27)23-15-4-7-17-18(11-15)29-10-9-28-17)30-21-25-24-19(26(21)16-5-6-16)14-3-2-8-22-12-14/h2-4,7-8,11-13,16H,5-6,9-10H2,1H3,(H,23,27). The highest BCUT2D eigenvalue weighted by atomic mass is 32.2. The summed E-state index contributed by atoms with van der Waals surface area (Å²) in [5.41, 5.74) is 1.61. The van der Waals surface area contributed by atoms with Crippen LogP contribution < -0.4 is 14.8 Å². The summed E-state index contributed by atoms with van der Waals surface area (Å²) in [6.07, 6.45) is 5.71. The molecule has 30 heavy (non-hydrogen) atoms. The molecule has 3 aromatic rings. The molecule has 3 heterocycles. The minimum absolute atomic E-state index is 0.107. The van der Waals surface area contributed by atoms with Gasteiger partial charge in [-0.25, -0.2) is 0 Å². The number of nitrogens with one attached hydrogen (secondary N) is 1. The molecule has 1 unspecified atom stereocenters. The number of carbonyl (C=O) groups is 1. The van der Waals surface area contributed by atoms with Gasteiger partial charge in [0.1, 0.15) is 13.2 Å².